The second-order valence-corrected chi connectivity index (χ2v) is 6.85. The lowest BCUT2D eigenvalue weighted by molar-refractivity contribution is 0.0741. The van der Waals surface area contributed by atoms with E-state index in [2.05, 4.69) is 17.9 Å². The first-order valence-corrected chi connectivity index (χ1v) is 8.72. The summed E-state index contributed by atoms with van der Waals surface area (Å²) in [7, 11) is 1.68. The monoisotopic (exact) mass is 327 g/mol. The number of rotatable bonds is 10. The number of aldehydes is 1. The van der Waals surface area contributed by atoms with Gasteiger partial charge in [0.15, 0.2) is 6.29 Å². The zero-order valence-electron chi connectivity index (χ0n) is 12.5. The standard InChI is InChI=1S/C15H21NO3S2/c1-3-4-16(5-6-19-8-7-18-2)15-10-14-13(21-15)9-12(11-17)20-14/h9-11H,3-8H2,1-2H3. The second-order valence-electron chi connectivity index (χ2n) is 4.67. The summed E-state index contributed by atoms with van der Waals surface area (Å²) in [5.41, 5.74) is 0. The Morgan fingerprint density at radius 3 is 2.62 bits per heavy atom. The molecule has 2 rings (SSSR count). The van der Waals surface area contributed by atoms with Crippen molar-refractivity contribution in [2.24, 2.45) is 0 Å². The lowest BCUT2D eigenvalue weighted by atomic mass is 10.4. The van der Waals surface area contributed by atoms with Gasteiger partial charge in [-0.15, -0.1) is 22.7 Å². The van der Waals surface area contributed by atoms with Crippen LogP contribution >= 0.6 is 22.7 Å². The lowest BCUT2D eigenvalue weighted by Crippen LogP contribution is -2.27. The minimum absolute atomic E-state index is 0.636. The number of methoxy groups -OCH3 is 1. The molecule has 0 fully saturated rings. The van der Waals surface area contributed by atoms with Crippen LogP contribution < -0.4 is 4.90 Å². The Morgan fingerprint density at radius 2 is 1.95 bits per heavy atom. The summed E-state index contributed by atoms with van der Waals surface area (Å²) in [4.78, 5) is 14.0. The summed E-state index contributed by atoms with van der Waals surface area (Å²) in [6, 6.07) is 4.16. The Labute approximate surface area is 133 Å². The molecule has 0 aliphatic carbocycles. The summed E-state index contributed by atoms with van der Waals surface area (Å²) in [6.45, 7) is 6.05. The third kappa shape index (κ3) is 4.51. The van der Waals surface area contributed by atoms with Crippen LogP contribution in [0.2, 0.25) is 0 Å². The molecule has 0 aromatic carbocycles. The Bertz CT molecular complexity index is 533. The summed E-state index contributed by atoms with van der Waals surface area (Å²) >= 11 is 3.30. The van der Waals surface area contributed by atoms with Crippen LogP contribution in [0.15, 0.2) is 12.1 Å². The predicted molar refractivity (Wildman–Crippen MR) is 90.3 cm³/mol. The minimum Gasteiger partial charge on any atom is -0.382 e. The SMILES string of the molecule is CCCN(CCOCCOC)c1cc2sc(C=O)cc2s1. The maximum atomic E-state index is 10.8. The summed E-state index contributed by atoms with van der Waals surface area (Å²) < 4.78 is 12.9. The number of carbonyl (C=O) groups excluding carboxylic acids is 1. The number of thiophene rings is 2. The molecule has 2 heterocycles. The van der Waals surface area contributed by atoms with Crippen LogP contribution in [0.4, 0.5) is 5.00 Å². The van der Waals surface area contributed by atoms with Crippen molar-refractivity contribution in [1.82, 2.24) is 0 Å². The molecule has 0 aliphatic rings. The van der Waals surface area contributed by atoms with Crippen LogP contribution in [0.3, 0.4) is 0 Å². The van der Waals surface area contributed by atoms with E-state index < -0.39 is 0 Å². The molecule has 0 aliphatic heterocycles. The van der Waals surface area contributed by atoms with Gasteiger partial charge in [-0.25, -0.2) is 0 Å². The third-order valence-electron chi connectivity index (χ3n) is 3.07. The van der Waals surface area contributed by atoms with Crippen molar-refractivity contribution < 1.29 is 14.3 Å². The van der Waals surface area contributed by atoms with Gasteiger partial charge < -0.3 is 14.4 Å². The number of fused-ring (bicyclic) bond motifs is 1. The first-order chi connectivity index (χ1) is 10.3. The van der Waals surface area contributed by atoms with Crippen LogP contribution in [-0.2, 0) is 9.47 Å². The highest BCUT2D eigenvalue weighted by molar-refractivity contribution is 7.30. The number of carbonyl (C=O) groups is 1. The smallest absolute Gasteiger partial charge is 0.160 e. The fourth-order valence-corrected chi connectivity index (χ4v) is 4.34. The summed E-state index contributed by atoms with van der Waals surface area (Å²) in [6.07, 6.45) is 2.02. The van der Waals surface area contributed by atoms with Crippen LogP contribution in [0.1, 0.15) is 23.0 Å². The molecule has 0 amide bonds. The van der Waals surface area contributed by atoms with Gasteiger partial charge in [-0.05, 0) is 18.6 Å². The molecule has 2 aromatic heterocycles. The zero-order chi connectivity index (χ0) is 15.1. The van der Waals surface area contributed by atoms with E-state index in [0.29, 0.717) is 19.8 Å². The molecule has 0 saturated carbocycles. The molecule has 0 N–H and O–H groups in total. The van der Waals surface area contributed by atoms with Crippen molar-refractivity contribution in [2.75, 3.05) is 44.9 Å². The molecule has 0 radical (unpaired) electrons. The number of hydrogen-bond acceptors (Lipinski definition) is 6. The van der Waals surface area contributed by atoms with E-state index in [1.807, 2.05) is 6.07 Å². The predicted octanol–water partition coefficient (Wildman–Crippen LogP) is 3.65. The van der Waals surface area contributed by atoms with Crippen LogP contribution in [-0.4, -0.2) is 46.3 Å². The molecule has 6 heteroatoms. The molecular formula is C15H21NO3S2. The molecule has 0 saturated heterocycles. The molecular weight excluding hydrogens is 306 g/mol. The number of nitrogens with zero attached hydrogens (tertiary/aromatic N) is 1. The molecule has 0 atom stereocenters. The molecule has 0 spiro atoms. The first kappa shape index (κ1) is 16.4. The highest BCUT2D eigenvalue weighted by Gasteiger charge is 2.12. The van der Waals surface area contributed by atoms with Gasteiger partial charge in [-0.3, -0.25) is 4.79 Å². The van der Waals surface area contributed by atoms with Crippen molar-refractivity contribution in [1.29, 1.82) is 0 Å². The van der Waals surface area contributed by atoms with E-state index in [9.17, 15) is 4.79 Å². The van der Waals surface area contributed by atoms with Crippen molar-refractivity contribution in [3.8, 4) is 0 Å². The topological polar surface area (TPSA) is 38.8 Å². The van der Waals surface area contributed by atoms with Crippen molar-refractivity contribution >= 4 is 43.4 Å². The van der Waals surface area contributed by atoms with Gasteiger partial charge in [0.1, 0.15) is 0 Å². The van der Waals surface area contributed by atoms with Gasteiger partial charge in [-0.2, -0.15) is 0 Å². The molecule has 0 bridgehead atoms. The van der Waals surface area contributed by atoms with Gasteiger partial charge in [-0.1, -0.05) is 6.92 Å². The van der Waals surface area contributed by atoms with Crippen molar-refractivity contribution in [3.63, 3.8) is 0 Å². The van der Waals surface area contributed by atoms with Gasteiger partial charge in [0, 0.05) is 29.6 Å². The largest absolute Gasteiger partial charge is 0.382 e. The zero-order valence-corrected chi connectivity index (χ0v) is 14.1. The normalized spacial score (nSPS) is 11.1. The second kappa shape index (κ2) is 8.48. The highest BCUT2D eigenvalue weighted by Crippen LogP contribution is 2.37. The Morgan fingerprint density at radius 1 is 1.14 bits per heavy atom. The average Bonchev–Trinajstić information content (AvgIpc) is 3.04. The van der Waals surface area contributed by atoms with E-state index in [1.165, 1.54) is 14.4 Å². The molecule has 116 valence electrons. The molecule has 4 nitrogen and oxygen atoms in total. The van der Waals surface area contributed by atoms with Gasteiger partial charge in [0.2, 0.25) is 0 Å². The third-order valence-corrected chi connectivity index (χ3v) is 5.35. The number of hydrogen-bond donors (Lipinski definition) is 0. The van der Waals surface area contributed by atoms with E-state index in [0.717, 1.165) is 30.7 Å². The summed E-state index contributed by atoms with van der Waals surface area (Å²) in [5, 5.41) is 1.26. The van der Waals surface area contributed by atoms with E-state index in [4.69, 9.17) is 9.47 Å². The van der Waals surface area contributed by atoms with Crippen LogP contribution in [0.5, 0.6) is 0 Å². The maximum Gasteiger partial charge on any atom is 0.160 e. The Kier molecular flexibility index (Phi) is 6.63. The fourth-order valence-electron chi connectivity index (χ4n) is 2.08. The number of anilines is 1. The van der Waals surface area contributed by atoms with Gasteiger partial charge in [0.05, 0.1) is 29.7 Å². The van der Waals surface area contributed by atoms with Crippen molar-refractivity contribution in [3.05, 3.63) is 17.0 Å². The average molecular weight is 327 g/mol. The summed E-state index contributed by atoms with van der Waals surface area (Å²) in [5.74, 6) is 0. The van der Waals surface area contributed by atoms with Gasteiger partial charge >= 0.3 is 0 Å². The van der Waals surface area contributed by atoms with Crippen molar-refractivity contribution in [2.45, 2.75) is 13.3 Å². The first-order valence-electron chi connectivity index (χ1n) is 7.08. The van der Waals surface area contributed by atoms with E-state index in [-0.39, 0.29) is 0 Å². The lowest BCUT2D eigenvalue weighted by Gasteiger charge is -2.22. The molecule has 2 aromatic rings. The highest BCUT2D eigenvalue weighted by atomic mass is 32.1. The van der Waals surface area contributed by atoms with E-state index >= 15 is 0 Å². The van der Waals surface area contributed by atoms with Gasteiger partial charge in [0.25, 0.3) is 0 Å². The van der Waals surface area contributed by atoms with E-state index in [1.54, 1.807) is 29.8 Å². The maximum absolute atomic E-state index is 10.8. The Balaban J connectivity index is 1.97. The molecule has 21 heavy (non-hydrogen) atoms. The van der Waals surface area contributed by atoms with Crippen LogP contribution in [0, 0.1) is 0 Å². The quantitative estimate of drug-likeness (QED) is 0.493. The van der Waals surface area contributed by atoms with Crippen LogP contribution in [0.25, 0.3) is 9.40 Å². The minimum atomic E-state index is 0.636. The Hall–Kier alpha value is -0.950. The number of ether oxygens (including phenoxy) is 2. The fraction of sp³-hybridized carbons (Fsp3) is 0.533. The molecule has 0 unspecified atom stereocenters.